The highest BCUT2D eigenvalue weighted by Crippen LogP contribution is 2.40. The first kappa shape index (κ1) is 18.7. The summed E-state index contributed by atoms with van der Waals surface area (Å²) in [5.74, 6) is 0.562. The number of phenols is 2. The van der Waals surface area contributed by atoms with E-state index in [2.05, 4.69) is 24.0 Å². The van der Waals surface area contributed by atoms with E-state index in [0.717, 1.165) is 36.3 Å². The molecule has 0 fully saturated rings. The van der Waals surface area contributed by atoms with E-state index in [1.54, 1.807) is 12.1 Å². The molecule has 1 aliphatic heterocycles. The summed E-state index contributed by atoms with van der Waals surface area (Å²) < 4.78 is 0. The summed E-state index contributed by atoms with van der Waals surface area (Å²) in [7, 11) is 0. The highest BCUT2D eigenvalue weighted by Gasteiger charge is 2.24. The monoisotopic (exact) mass is 391 g/mol. The third-order valence-corrected chi connectivity index (χ3v) is 4.76. The molecule has 0 aromatic heterocycles. The molecule has 1 unspecified atom stereocenters. The Hall–Kier alpha value is -1.68. The number of unbranched alkanes of at least 4 members (excludes halogenated alkanes) is 1. The minimum absolute atomic E-state index is 0. The maximum absolute atomic E-state index is 9.96. The third kappa shape index (κ3) is 4.04. The molecule has 4 heteroatoms. The summed E-state index contributed by atoms with van der Waals surface area (Å²) in [6.45, 7) is 3.19. The SMILES string of the molecule is Br.CCCCC1CCc2cc(O)c(O)cc2N(c2ccccc2)C1. The van der Waals surface area contributed by atoms with Gasteiger partial charge in [0.1, 0.15) is 0 Å². The molecule has 2 aromatic carbocycles. The average molecular weight is 392 g/mol. The Labute approximate surface area is 154 Å². The van der Waals surface area contributed by atoms with E-state index in [1.165, 1.54) is 19.3 Å². The van der Waals surface area contributed by atoms with Crippen molar-refractivity contribution >= 4 is 28.4 Å². The number of aromatic hydroxyl groups is 2. The number of rotatable bonds is 4. The van der Waals surface area contributed by atoms with E-state index >= 15 is 0 Å². The van der Waals surface area contributed by atoms with Crippen molar-refractivity contribution in [2.45, 2.75) is 39.0 Å². The number of fused-ring (bicyclic) bond motifs is 1. The van der Waals surface area contributed by atoms with Gasteiger partial charge < -0.3 is 15.1 Å². The van der Waals surface area contributed by atoms with Gasteiger partial charge in [0.2, 0.25) is 0 Å². The summed E-state index contributed by atoms with van der Waals surface area (Å²) in [5, 5.41) is 19.8. The van der Waals surface area contributed by atoms with Crippen molar-refractivity contribution in [1.82, 2.24) is 0 Å². The van der Waals surface area contributed by atoms with Crippen LogP contribution < -0.4 is 4.90 Å². The molecule has 2 aromatic rings. The lowest BCUT2D eigenvalue weighted by Gasteiger charge is -2.28. The molecular weight excluding hydrogens is 366 g/mol. The number of hydrogen-bond acceptors (Lipinski definition) is 3. The number of aryl methyl sites for hydroxylation is 1. The molecule has 0 spiro atoms. The molecule has 1 aliphatic rings. The van der Waals surface area contributed by atoms with Crippen LogP contribution in [-0.2, 0) is 6.42 Å². The zero-order chi connectivity index (χ0) is 16.2. The summed E-state index contributed by atoms with van der Waals surface area (Å²) in [6.07, 6.45) is 5.77. The fraction of sp³-hybridized carbons (Fsp3) is 0.400. The molecule has 3 nitrogen and oxygen atoms in total. The molecule has 1 heterocycles. The fourth-order valence-electron chi connectivity index (χ4n) is 3.45. The van der Waals surface area contributed by atoms with Gasteiger partial charge in [0, 0.05) is 24.0 Å². The number of nitrogens with zero attached hydrogens (tertiary/aromatic N) is 1. The second-order valence-electron chi connectivity index (χ2n) is 6.46. The van der Waals surface area contributed by atoms with E-state index in [0.29, 0.717) is 5.92 Å². The van der Waals surface area contributed by atoms with Crippen LogP contribution in [0.2, 0.25) is 0 Å². The van der Waals surface area contributed by atoms with Gasteiger partial charge in [-0.3, -0.25) is 0 Å². The molecule has 0 saturated heterocycles. The highest BCUT2D eigenvalue weighted by atomic mass is 79.9. The molecule has 0 saturated carbocycles. The highest BCUT2D eigenvalue weighted by molar-refractivity contribution is 8.93. The number of benzene rings is 2. The maximum Gasteiger partial charge on any atom is 0.159 e. The third-order valence-electron chi connectivity index (χ3n) is 4.76. The van der Waals surface area contributed by atoms with Crippen molar-refractivity contribution in [2.24, 2.45) is 5.92 Å². The van der Waals surface area contributed by atoms with Gasteiger partial charge in [-0.05, 0) is 48.9 Å². The summed E-state index contributed by atoms with van der Waals surface area (Å²) >= 11 is 0. The van der Waals surface area contributed by atoms with E-state index < -0.39 is 0 Å². The Kier molecular flexibility index (Phi) is 6.55. The first-order chi connectivity index (χ1) is 11.2. The van der Waals surface area contributed by atoms with Crippen LogP contribution in [0.4, 0.5) is 11.4 Å². The number of phenolic OH excluding ortho intramolecular Hbond substituents is 2. The first-order valence-corrected chi connectivity index (χ1v) is 8.56. The molecule has 130 valence electrons. The van der Waals surface area contributed by atoms with Crippen LogP contribution in [0, 0.1) is 5.92 Å². The lowest BCUT2D eigenvalue weighted by Crippen LogP contribution is -2.23. The van der Waals surface area contributed by atoms with Crippen LogP contribution in [0.15, 0.2) is 42.5 Å². The minimum atomic E-state index is -0.0447. The zero-order valence-corrected chi connectivity index (χ0v) is 15.8. The molecule has 0 aliphatic carbocycles. The maximum atomic E-state index is 9.96. The van der Waals surface area contributed by atoms with E-state index in [1.807, 2.05) is 18.2 Å². The molecule has 0 bridgehead atoms. The average Bonchev–Trinajstić information content (AvgIpc) is 2.74. The van der Waals surface area contributed by atoms with Crippen LogP contribution in [0.5, 0.6) is 11.5 Å². The van der Waals surface area contributed by atoms with Crippen LogP contribution in [0.25, 0.3) is 0 Å². The zero-order valence-electron chi connectivity index (χ0n) is 14.1. The Morgan fingerprint density at radius 1 is 1.08 bits per heavy atom. The Balaban J connectivity index is 0.00000208. The first-order valence-electron chi connectivity index (χ1n) is 8.56. The summed E-state index contributed by atoms with van der Waals surface area (Å²) in [5.41, 5.74) is 3.27. The van der Waals surface area contributed by atoms with Gasteiger partial charge in [0.25, 0.3) is 0 Å². The number of anilines is 2. The van der Waals surface area contributed by atoms with Crippen molar-refractivity contribution in [3.05, 3.63) is 48.0 Å². The lowest BCUT2D eigenvalue weighted by atomic mass is 9.95. The number of hydrogen-bond donors (Lipinski definition) is 2. The quantitative estimate of drug-likeness (QED) is 0.669. The van der Waals surface area contributed by atoms with Crippen LogP contribution >= 0.6 is 17.0 Å². The van der Waals surface area contributed by atoms with E-state index in [-0.39, 0.29) is 28.5 Å². The molecule has 24 heavy (non-hydrogen) atoms. The second kappa shape index (κ2) is 8.43. The Morgan fingerprint density at radius 3 is 2.50 bits per heavy atom. The lowest BCUT2D eigenvalue weighted by molar-refractivity contribution is 0.403. The molecule has 0 radical (unpaired) electrons. The van der Waals surface area contributed by atoms with Crippen molar-refractivity contribution < 1.29 is 10.2 Å². The molecule has 0 amide bonds. The standard InChI is InChI=1S/C20H25NO2.BrH/c1-2-3-7-15-10-11-16-12-19(22)20(23)13-18(16)21(14-15)17-8-5-4-6-9-17;/h4-6,8-9,12-13,15,22-23H,2-3,7,10-11,14H2,1H3;1H. The van der Waals surface area contributed by atoms with Crippen LogP contribution in [0.1, 0.15) is 38.2 Å². The molecule has 1 atom stereocenters. The van der Waals surface area contributed by atoms with Crippen molar-refractivity contribution in [3.63, 3.8) is 0 Å². The predicted molar refractivity (Wildman–Crippen MR) is 105 cm³/mol. The molecule has 3 rings (SSSR count). The van der Waals surface area contributed by atoms with Gasteiger partial charge in [-0.2, -0.15) is 0 Å². The van der Waals surface area contributed by atoms with E-state index in [9.17, 15) is 10.2 Å². The van der Waals surface area contributed by atoms with Gasteiger partial charge in [0.15, 0.2) is 11.5 Å². The van der Waals surface area contributed by atoms with Gasteiger partial charge in [0.05, 0.1) is 0 Å². The Morgan fingerprint density at radius 2 is 1.79 bits per heavy atom. The van der Waals surface area contributed by atoms with Crippen molar-refractivity contribution in [2.75, 3.05) is 11.4 Å². The number of para-hydroxylation sites is 1. The van der Waals surface area contributed by atoms with Crippen LogP contribution in [0.3, 0.4) is 0 Å². The van der Waals surface area contributed by atoms with Crippen LogP contribution in [-0.4, -0.2) is 16.8 Å². The summed E-state index contributed by atoms with van der Waals surface area (Å²) in [4.78, 5) is 2.29. The van der Waals surface area contributed by atoms with Gasteiger partial charge >= 0.3 is 0 Å². The normalized spacial score (nSPS) is 16.9. The second-order valence-corrected chi connectivity index (χ2v) is 6.46. The minimum Gasteiger partial charge on any atom is -0.504 e. The fourth-order valence-corrected chi connectivity index (χ4v) is 3.45. The predicted octanol–water partition coefficient (Wildman–Crippen LogP) is 5.57. The topological polar surface area (TPSA) is 43.7 Å². The number of halogens is 1. The van der Waals surface area contributed by atoms with Gasteiger partial charge in [-0.25, -0.2) is 0 Å². The molecular formula is C20H26BrNO2. The summed E-state index contributed by atoms with van der Waals surface area (Å²) in [6, 6.07) is 13.8. The molecule has 2 N–H and O–H groups in total. The van der Waals surface area contributed by atoms with Gasteiger partial charge in [-0.1, -0.05) is 38.0 Å². The van der Waals surface area contributed by atoms with Crippen molar-refractivity contribution in [1.29, 1.82) is 0 Å². The Bertz CT molecular complexity index is 660. The van der Waals surface area contributed by atoms with Gasteiger partial charge in [-0.15, -0.1) is 17.0 Å². The van der Waals surface area contributed by atoms with Crippen molar-refractivity contribution in [3.8, 4) is 11.5 Å². The smallest absolute Gasteiger partial charge is 0.159 e. The van der Waals surface area contributed by atoms with E-state index in [4.69, 9.17) is 0 Å². The largest absolute Gasteiger partial charge is 0.504 e.